The number of rotatable bonds is 6. The summed E-state index contributed by atoms with van der Waals surface area (Å²) in [4.78, 5) is 0. The Balaban J connectivity index is 1.56. The van der Waals surface area contributed by atoms with Gasteiger partial charge in [-0.25, -0.2) is 4.39 Å². The highest BCUT2D eigenvalue weighted by Crippen LogP contribution is 2.39. The molecule has 0 spiro atoms. The molecule has 0 radical (unpaired) electrons. The van der Waals surface area contributed by atoms with Crippen LogP contribution < -0.4 is 4.74 Å². The van der Waals surface area contributed by atoms with Crippen LogP contribution in [0.5, 0.6) is 5.75 Å². The third-order valence-corrected chi connectivity index (χ3v) is 6.81. The number of hydrogen-bond donors (Lipinski definition) is 0. The fourth-order valence-corrected chi connectivity index (χ4v) is 4.70. The van der Waals surface area contributed by atoms with Crippen LogP contribution in [0.15, 0.2) is 78.9 Å². The van der Waals surface area contributed by atoms with Gasteiger partial charge in [0.05, 0.1) is 28.4 Å². The zero-order valence-electron chi connectivity index (χ0n) is 20.6. The lowest BCUT2D eigenvalue weighted by molar-refractivity contribution is -0.138. The number of fused-ring (bicyclic) bond motifs is 1. The second kappa shape index (κ2) is 10.9. The molecule has 5 aromatic rings. The summed E-state index contributed by atoms with van der Waals surface area (Å²) in [6.45, 7) is -0.397. The Morgan fingerprint density at radius 1 is 0.805 bits per heavy atom. The standard InChI is InChI=1S/C29H17Cl2F7N2O/c30-20-9-7-18(24(32)13-20)14-40-27(21-5-2-6-22(26(21)39-40)29(36,37)38)17-4-1-3-16(11-17)15-41-25-12-19(28(33,34)35)8-10-23(25)31/h1-13H,14-15H2. The minimum absolute atomic E-state index is 0.0251. The van der Waals surface area contributed by atoms with Gasteiger partial charge >= 0.3 is 12.4 Å². The zero-order chi connectivity index (χ0) is 29.5. The molecule has 0 bridgehead atoms. The molecular formula is C29H17Cl2F7N2O. The third-order valence-electron chi connectivity index (χ3n) is 6.26. The molecule has 12 heteroatoms. The number of hydrogen-bond acceptors (Lipinski definition) is 2. The fourth-order valence-electron chi connectivity index (χ4n) is 4.37. The summed E-state index contributed by atoms with van der Waals surface area (Å²) in [5.74, 6) is -0.838. The van der Waals surface area contributed by atoms with Crippen molar-refractivity contribution in [3.8, 4) is 17.0 Å². The van der Waals surface area contributed by atoms with E-state index < -0.39 is 29.3 Å². The Labute approximate surface area is 238 Å². The quantitative estimate of drug-likeness (QED) is 0.178. The van der Waals surface area contributed by atoms with E-state index in [1.807, 2.05) is 0 Å². The monoisotopic (exact) mass is 612 g/mol. The van der Waals surface area contributed by atoms with Crippen LogP contribution in [0.2, 0.25) is 10.0 Å². The molecule has 212 valence electrons. The van der Waals surface area contributed by atoms with Gasteiger partial charge in [0.25, 0.3) is 0 Å². The Morgan fingerprint density at radius 3 is 2.27 bits per heavy atom. The van der Waals surface area contributed by atoms with E-state index in [1.165, 1.54) is 28.9 Å². The van der Waals surface area contributed by atoms with Crippen LogP contribution >= 0.6 is 23.2 Å². The molecular weight excluding hydrogens is 596 g/mol. The van der Waals surface area contributed by atoms with Crippen molar-refractivity contribution in [2.24, 2.45) is 0 Å². The third kappa shape index (κ3) is 6.13. The molecule has 0 fully saturated rings. The molecule has 0 unspecified atom stereocenters. The Bertz CT molecular complexity index is 1750. The summed E-state index contributed by atoms with van der Waals surface area (Å²) in [5, 5.41) is 4.53. The van der Waals surface area contributed by atoms with Crippen molar-refractivity contribution >= 4 is 34.1 Å². The molecule has 4 aromatic carbocycles. The maximum atomic E-state index is 14.7. The molecule has 0 saturated heterocycles. The SMILES string of the molecule is Fc1cc(Cl)ccc1Cn1nc2c(C(F)(F)F)cccc2c1-c1cccc(COc2cc(C(F)(F)F)ccc2Cl)c1. The van der Waals surface area contributed by atoms with Gasteiger partial charge in [0.1, 0.15) is 23.7 Å². The summed E-state index contributed by atoms with van der Waals surface area (Å²) >= 11 is 11.9. The van der Waals surface area contributed by atoms with Crippen molar-refractivity contribution in [3.05, 3.63) is 117 Å². The molecule has 3 nitrogen and oxygen atoms in total. The average Bonchev–Trinajstić information content (AvgIpc) is 3.26. The maximum Gasteiger partial charge on any atom is 0.418 e. The van der Waals surface area contributed by atoms with E-state index in [0.29, 0.717) is 11.1 Å². The molecule has 0 aliphatic heterocycles. The van der Waals surface area contributed by atoms with Crippen molar-refractivity contribution in [2.45, 2.75) is 25.5 Å². The normalized spacial score (nSPS) is 12.2. The molecule has 1 aromatic heterocycles. The molecule has 1 heterocycles. The summed E-state index contributed by atoms with van der Waals surface area (Å²) in [6.07, 6.45) is -9.29. The van der Waals surface area contributed by atoms with Crippen LogP contribution in [0.1, 0.15) is 22.3 Å². The van der Waals surface area contributed by atoms with Crippen molar-refractivity contribution in [1.82, 2.24) is 9.78 Å². The molecule has 0 aliphatic carbocycles. The first-order chi connectivity index (χ1) is 19.3. The van der Waals surface area contributed by atoms with E-state index in [0.717, 1.165) is 30.3 Å². The molecule has 41 heavy (non-hydrogen) atoms. The van der Waals surface area contributed by atoms with E-state index in [1.54, 1.807) is 24.3 Å². The smallest absolute Gasteiger partial charge is 0.418 e. The Hall–Kier alpha value is -3.76. The van der Waals surface area contributed by atoms with Gasteiger partial charge in [0.2, 0.25) is 0 Å². The predicted octanol–water partition coefficient (Wildman–Crippen LogP) is 9.81. The number of halogens is 9. The minimum Gasteiger partial charge on any atom is -0.487 e. The Morgan fingerprint density at radius 2 is 1.56 bits per heavy atom. The van der Waals surface area contributed by atoms with Gasteiger partial charge in [0.15, 0.2) is 0 Å². The van der Waals surface area contributed by atoms with Crippen molar-refractivity contribution in [1.29, 1.82) is 0 Å². The Kier molecular flexibility index (Phi) is 7.65. The van der Waals surface area contributed by atoms with Crippen LogP contribution in [-0.4, -0.2) is 9.78 Å². The second-order valence-corrected chi connectivity index (χ2v) is 9.92. The maximum absolute atomic E-state index is 14.7. The van der Waals surface area contributed by atoms with E-state index in [-0.39, 0.29) is 51.1 Å². The van der Waals surface area contributed by atoms with Gasteiger partial charge in [-0.2, -0.15) is 31.4 Å². The lowest BCUT2D eigenvalue weighted by Crippen LogP contribution is -2.07. The van der Waals surface area contributed by atoms with Gasteiger partial charge in [-0.05, 0) is 48.0 Å². The van der Waals surface area contributed by atoms with Crippen molar-refractivity contribution in [2.75, 3.05) is 0 Å². The first-order valence-electron chi connectivity index (χ1n) is 11.9. The minimum atomic E-state index is -4.69. The number of ether oxygens (including phenoxy) is 1. The summed E-state index contributed by atoms with van der Waals surface area (Å²) < 4.78 is 102. The summed E-state index contributed by atoms with van der Waals surface area (Å²) in [7, 11) is 0. The average molecular weight is 613 g/mol. The highest BCUT2D eigenvalue weighted by atomic mass is 35.5. The van der Waals surface area contributed by atoms with Crippen LogP contribution in [0.4, 0.5) is 30.7 Å². The molecule has 0 N–H and O–H groups in total. The fraction of sp³-hybridized carbons (Fsp3) is 0.138. The summed E-state index contributed by atoms with van der Waals surface area (Å²) in [5.41, 5.74) is -0.864. The van der Waals surface area contributed by atoms with Gasteiger partial charge in [-0.1, -0.05) is 59.6 Å². The topological polar surface area (TPSA) is 27.1 Å². The number of nitrogens with zero attached hydrogens (tertiary/aromatic N) is 2. The molecule has 0 amide bonds. The first-order valence-corrected chi connectivity index (χ1v) is 12.7. The van der Waals surface area contributed by atoms with E-state index in [4.69, 9.17) is 27.9 Å². The highest BCUT2D eigenvalue weighted by Gasteiger charge is 2.35. The van der Waals surface area contributed by atoms with Gasteiger partial charge in [0, 0.05) is 21.5 Å². The van der Waals surface area contributed by atoms with Gasteiger partial charge < -0.3 is 4.74 Å². The van der Waals surface area contributed by atoms with Crippen molar-refractivity contribution < 1.29 is 35.5 Å². The zero-order valence-corrected chi connectivity index (χ0v) is 22.1. The predicted molar refractivity (Wildman–Crippen MR) is 141 cm³/mol. The highest BCUT2D eigenvalue weighted by molar-refractivity contribution is 6.32. The molecule has 0 aliphatic rings. The largest absolute Gasteiger partial charge is 0.487 e. The lowest BCUT2D eigenvalue weighted by atomic mass is 10.0. The van der Waals surface area contributed by atoms with E-state index in [9.17, 15) is 30.7 Å². The van der Waals surface area contributed by atoms with E-state index >= 15 is 0 Å². The summed E-state index contributed by atoms with van der Waals surface area (Å²) in [6, 6.07) is 16.8. The number of benzene rings is 4. The molecule has 0 saturated carbocycles. The number of aromatic nitrogens is 2. The van der Waals surface area contributed by atoms with Crippen LogP contribution in [0, 0.1) is 5.82 Å². The molecule has 5 rings (SSSR count). The van der Waals surface area contributed by atoms with E-state index in [2.05, 4.69) is 5.10 Å². The van der Waals surface area contributed by atoms with Crippen LogP contribution in [-0.2, 0) is 25.5 Å². The van der Waals surface area contributed by atoms with Crippen LogP contribution in [0.25, 0.3) is 22.2 Å². The second-order valence-electron chi connectivity index (χ2n) is 9.07. The lowest BCUT2D eigenvalue weighted by Gasteiger charge is -2.13. The van der Waals surface area contributed by atoms with Gasteiger partial charge in [-0.3, -0.25) is 4.68 Å². The number of alkyl halides is 6. The van der Waals surface area contributed by atoms with Crippen LogP contribution in [0.3, 0.4) is 0 Å². The van der Waals surface area contributed by atoms with Crippen molar-refractivity contribution in [3.63, 3.8) is 0 Å². The molecule has 0 atom stereocenters. The van der Waals surface area contributed by atoms with Gasteiger partial charge in [-0.15, -0.1) is 0 Å². The first kappa shape index (κ1) is 28.8.